The third kappa shape index (κ3) is 4.32. The molecule has 0 aliphatic carbocycles. The van der Waals surface area contributed by atoms with Gasteiger partial charge in [0, 0.05) is 35.7 Å². The van der Waals surface area contributed by atoms with Crippen molar-refractivity contribution in [2.45, 2.75) is 13.3 Å². The van der Waals surface area contributed by atoms with Crippen LogP contribution in [0.2, 0.25) is 10.0 Å². The molecule has 7 heteroatoms. The summed E-state index contributed by atoms with van der Waals surface area (Å²) in [7, 11) is 1.90. The molecule has 146 valence electrons. The number of aryl methyl sites for hydroxylation is 1. The van der Waals surface area contributed by atoms with Gasteiger partial charge in [0.2, 0.25) is 5.91 Å². The van der Waals surface area contributed by atoms with E-state index in [0.29, 0.717) is 27.8 Å². The molecule has 0 bridgehead atoms. The van der Waals surface area contributed by atoms with Crippen LogP contribution in [-0.4, -0.2) is 34.4 Å². The van der Waals surface area contributed by atoms with Gasteiger partial charge in [0.05, 0.1) is 16.3 Å². The zero-order valence-corrected chi connectivity index (χ0v) is 17.2. The molecule has 0 radical (unpaired) electrons. The van der Waals surface area contributed by atoms with E-state index in [1.807, 2.05) is 49.0 Å². The SMILES string of the molecule is CCCN(CC(=O)Nc1ccc(Cl)cc1Cl)C(=O)c1cn(C)c2ccccc12. The highest BCUT2D eigenvalue weighted by molar-refractivity contribution is 6.36. The number of nitrogens with zero attached hydrogens (tertiary/aromatic N) is 2. The molecule has 3 aromatic rings. The Bertz CT molecular complexity index is 1030. The van der Waals surface area contributed by atoms with Gasteiger partial charge in [-0.05, 0) is 30.7 Å². The monoisotopic (exact) mass is 417 g/mol. The maximum Gasteiger partial charge on any atom is 0.256 e. The Balaban J connectivity index is 1.80. The van der Waals surface area contributed by atoms with Crippen LogP contribution < -0.4 is 5.32 Å². The van der Waals surface area contributed by atoms with Crippen molar-refractivity contribution in [3.63, 3.8) is 0 Å². The summed E-state index contributed by atoms with van der Waals surface area (Å²) in [5.41, 5.74) is 2.02. The number of hydrogen-bond donors (Lipinski definition) is 1. The van der Waals surface area contributed by atoms with Crippen LogP contribution >= 0.6 is 23.2 Å². The minimum Gasteiger partial charge on any atom is -0.350 e. The van der Waals surface area contributed by atoms with E-state index >= 15 is 0 Å². The second-order valence-corrected chi connectivity index (χ2v) is 7.41. The van der Waals surface area contributed by atoms with Crippen molar-refractivity contribution in [3.05, 3.63) is 64.3 Å². The zero-order valence-electron chi connectivity index (χ0n) is 15.7. The molecule has 1 heterocycles. The first-order valence-corrected chi connectivity index (χ1v) is 9.74. The lowest BCUT2D eigenvalue weighted by molar-refractivity contribution is -0.116. The molecule has 0 atom stereocenters. The fourth-order valence-corrected chi connectivity index (χ4v) is 3.61. The molecule has 5 nitrogen and oxygen atoms in total. The van der Waals surface area contributed by atoms with Crippen LogP contribution in [0.5, 0.6) is 0 Å². The third-order valence-electron chi connectivity index (χ3n) is 4.45. The third-order valence-corrected chi connectivity index (χ3v) is 5.00. The Morgan fingerprint density at radius 2 is 1.89 bits per heavy atom. The van der Waals surface area contributed by atoms with Gasteiger partial charge >= 0.3 is 0 Å². The summed E-state index contributed by atoms with van der Waals surface area (Å²) in [6.07, 6.45) is 2.55. The maximum absolute atomic E-state index is 13.2. The first-order valence-electron chi connectivity index (χ1n) is 8.99. The summed E-state index contributed by atoms with van der Waals surface area (Å²) < 4.78 is 1.92. The Kier molecular flexibility index (Phi) is 6.27. The smallest absolute Gasteiger partial charge is 0.256 e. The van der Waals surface area contributed by atoms with Crippen molar-refractivity contribution in [2.24, 2.45) is 7.05 Å². The molecule has 0 aliphatic heterocycles. The molecule has 0 saturated carbocycles. The second-order valence-electron chi connectivity index (χ2n) is 6.57. The van der Waals surface area contributed by atoms with Crippen LogP contribution in [0.4, 0.5) is 5.69 Å². The van der Waals surface area contributed by atoms with Crippen molar-refractivity contribution >= 4 is 51.6 Å². The van der Waals surface area contributed by atoms with Crippen LogP contribution in [-0.2, 0) is 11.8 Å². The number of carbonyl (C=O) groups is 2. The van der Waals surface area contributed by atoms with E-state index in [1.54, 1.807) is 23.1 Å². The van der Waals surface area contributed by atoms with Gasteiger partial charge < -0.3 is 14.8 Å². The number of para-hydroxylation sites is 1. The molecular formula is C21H21Cl2N3O2. The van der Waals surface area contributed by atoms with Gasteiger partial charge in [0.15, 0.2) is 0 Å². The van der Waals surface area contributed by atoms with Gasteiger partial charge in [0.1, 0.15) is 6.54 Å². The van der Waals surface area contributed by atoms with Crippen LogP contribution in [0.25, 0.3) is 10.9 Å². The molecule has 2 amide bonds. The normalized spacial score (nSPS) is 10.9. The lowest BCUT2D eigenvalue weighted by Crippen LogP contribution is -2.38. The van der Waals surface area contributed by atoms with Crippen molar-refractivity contribution in [1.29, 1.82) is 0 Å². The highest BCUT2D eigenvalue weighted by Crippen LogP contribution is 2.26. The number of hydrogen-bond acceptors (Lipinski definition) is 2. The van der Waals surface area contributed by atoms with Gasteiger partial charge in [-0.1, -0.05) is 48.3 Å². The number of aromatic nitrogens is 1. The van der Waals surface area contributed by atoms with E-state index in [2.05, 4.69) is 5.32 Å². The summed E-state index contributed by atoms with van der Waals surface area (Å²) in [5, 5.41) is 4.46. The van der Waals surface area contributed by atoms with E-state index < -0.39 is 0 Å². The van der Waals surface area contributed by atoms with E-state index in [-0.39, 0.29) is 18.4 Å². The second kappa shape index (κ2) is 8.67. The number of halogens is 2. The summed E-state index contributed by atoms with van der Waals surface area (Å²) in [5.74, 6) is -0.484. The maximum atomic E-state index is 13.2. The molecule has 28 heavy (non-hydrogen) atoms. The van der Waals surface area contributed by atoms with E-state index in [4.69, 9.17) is 23.2 Å². The molecule has 0 aliphatic rings. The van der Waals surface area contributed by atoms with Crippen molar-refractivity contribution in [1.82, 2.24) is 9.47 Å². The predicted octanol–water partition coefficient (Wildman–Crippen LogP) is 4.98. The number of carbonyl (C=O) groups excluding carboxylic acids is 2. The zero-order chi connectivity index (χ0) is 20.3. The molecule has 0 unspecified atom stereocenters. The van der Waals surface area contributed by atoms with Crippen LogP contribution in [0, 0.1) is 0 Å². The van der Waals surface area contributed by atoms with Crippen LogP contribution in [0.1, 0.15) is 23.7 Å². The molecule has 0 saturated heterocycles. The van der Waals surface area contributed by atoms with Crippen molar-refractivity contribution in [3.8, 4) is 0 Å². The average molecular weight is 418 g/mol. The molecular weight excluding hydrogens is 397 g/mol. The summed E-state index contributed by atoms with van der Waals surface area (Å²) in [4.78, 5) is 27.2. The molecule has 0 fully saturated rings. The predicted molar refractivity (Wildman–Crippen MR) is 114 cm³/mol. The summed E-state index contributed by atoms with van der Waals surface area (Å²) in [6.45, 7) is 2.38. The highest BCUT2D eigenvalue weighted by atomic mass is 35.5. The first-order chi connectivity index (χ1) is 13.4. The first kappa shape index (κ1) is 20.2. The lowest BCUT2D eigenvalue weighted by Gasteiger charge is -2.21. The van der Waals surface area contributed by atoms with E-state index in [9.17, 15) is 9.59 Å². The number of rotatable bonds is 6. The lowest BCUT2D eigenvalue weighted by atomic mass is 10.1. The summed E-state index contributed by atoms with van der Waals surface area (Å²) in [6, 6.07) is 12.6. The number of fused-ring (bicyclic) bond motifs is 1. The highest BCUT2D eigenvalue weighted by Gasteiger charge is 2.22. The number of benzene rings is 2. The molecule has 1 N–H and O–H groups in total. The fraction of sp³-hybridized carbons (Fsp3) is 0.238. The average Bonchev–Trinajstić information content (AvgIpc) is 3.00. The standard InChI is InChI=1S/C21H21Cl2N3O2/c1-3-10-26(13-20(27)24-18-9-8-14(22)11-17(18)23)21(28)16-12-25(2)19-7-5-4-6-15(16)19/h4-9,11-12H,3,10,13H2,1-2H3,(H,24,27). The Morgan fingerprint density at radius 1 is 1.14 bits per heavy atom. The number of nitrogens with one attached hydrogen (secondary N) is 1. The van der Waals surface area contributed by atoms with Crippen molar-refractivity contribution < 1.29 is 9.59 Å². The van der Waals surface area contributed by atoms with Gasteiger partial charge in [-0.25, -0.2) is 0 Å². The van der Waals surface area contributed by atoms with Gasteiger partial charge in [-0.2, -0.15) is 0 Å². The van der Waals surface area contributed by atoms with Gasteiger partial charge in [0.25, 0.3) is 5.91 Å². The van der Waals surface area contributed by atoms with Crippen molar-refractivity contribution in [2.75, 3.05) is 18.4 Å². The van der Waals surface area contributed by atoms with E-state index in [1.165, 1.54) is 0 Å². The minimum absolute atomic E-state index is 0.0607. The summed E-state index contributed by atoms with van der Waals surface area (Å²) >= 11 is 12.0. The van der Waals surface area contributed by atoms with Crippen LogP contribution in [0.15, 0.2) is 48.7 Å². The van der Waals surface area contributed by atoms with Gasteiger partial charge in [-0.3, -0.25) is 9.59 Å². The molecule has 3 rings (SSSR count). The Hall–Kier alpha value is -2.50. The number of amides is 2. The molecule has 2 aromatic carbocycles. The Labute approximate surface area is 173 Å². The number of anilines is 1. The molecule has 0 spiro atoms. The molecule has 1 aromatic heterocycles. The largest absolute Gasteiger partial charge is 0.350 e. The van der Waals surface area contributed by atoms with Crippen LogP contribution in [0.3, 0.4) is 0 Å². The Morgan fingerprint density at radius 3 is 2.61 bits per heavy atom. The van der Waals surface area contributed by atoms with Gasteiger partial charge in [-0.15, -0.1) is 0 Å². The minimum atomic E-state index is -0.314. The fourth-order valence-electron chi connectivity index (χ4n) is 3.16. The topological polar surface area (TPSA) is 54.3 Å². The quantitative estimate of drug-likeness (QED) is 0.614. The van der Waals surface area contributed by atoms with E-state index in [0.717, 1.165) is 17.3 Å².